The second-order valence-corrected chi connectivity index (χ2v) is 6.57. The van der Waals surface area contributed by atoms with Crippen LogP contribution in [0.3, 0.4) is 0 Å². The van der Waals surface area contributed by atoms with Crippen molar-refractivity contribution in [2.45, 2.75) is 25.5 Å². The number of aromatic nitrogens is 1. The summed E-state index contributed by atoms with van der Waals surface area (Å²) in [6.45, 7) is 2.83. The van der Waals surface area contributed by atoms with Crippen LogP contribution in [-0.4, -0.2) is 46.5 Å². The van der Waals surface area contributed by atoms with Crippen LogP contribution < -0.4 is 15.1 Å². The summed E-state index contributed by atoms with van der Waals surface area (Å²) in [5.74, 6) is -1.77. The zero-order valence-corrected chi connectivity index (χ0v) is 13.5. The zero-order chi connectivity index (χ0) is 17.9. The molecule has 7 nitrogen and oxygen atoms in total. The van der Waals surface area contributed by atoms with Gasteiger partial charge in [0.2, 0.25) is 5.43 Å². The molecule has 0 aliphatic carbocycles. The molecule has 2 aliphatic heterocycles. The Kier molecular flexibility index (Phi) is 3.47. The number of pyridine rings is 1. The molecule has 3 heterocycles. The molecule has 0 unspecified atom stereocenters. The SMILES string of the molecule is C[C@@H]1COc2c(N3CC[C@@H](O)C3)c(F)cc3c(=O)c(C(=O)O)cn1c23. The van der Waals surface area contributed by atoms with E-state index >= 15 is 0 Å². The van der Waals surface area contributed by atoms with Crippen molar-refractivity contribution in [2.24, 2.45) is 0 Å². The van der Waals surface area contributed by atoms with Gasteiger partial charge in [0.15, 0.2) is 11.6 Å². The van der Waals surface area contributed by atoms with Crippen molar-refractivity contribution in [3.63, 3.8) is 0 Å². The van der Waals surface area contributed by atoms with Gasteiger partial charge in [0.05, 0.1) is 23.0 Å². The minimum Gasteiger partial charge on any atom is -0.487 e. The van der Waals surface area contributed by atoms with E-state index in [0.717, 1.165) is 6.07 Å². The van der Waals surface area contributed by atoms with Crippen LogP contribution in [0.2, 0.25) is 0 Å². The molecule has 0 bridgehead atoms. The van der Waals surface area contributed by atoms with E-state index < -0.39 is 28.9 Å². The lowest BCUT2D eigenvalue weighted by Gasteiger charge is -2.31. The molecule has 0 radical (unpaired) electrons. The van der Waals surface area contributed by atoms with Crippen molar-refractivity contribution in [2.75, 3.05) is 24.6 Å². The van der Waals surface area contributed by atoms with Gasteiger partial charge >= 0.3 is 5.97 Å². The first-order valence-corrected chi connectivity index (χ1v) is 8.09. The molecule has 0 spiro atoms. The van der Waals surface area contributed by atoms with Crippen molar-refractivity contribution in [3.05, 3.63) is 33.9 Å². The zero-order valence-electron chi connectivity index (χ0n) is 13.5. The van der Waals surface area contributed by atoms with Gasteiger partial charge in [-0.05, 0) is 19.4 Å². The highest BCUT2D eigenvalue weighted by Crippen LogP contribution is 2.42. The van der Waals surface area contributed by atoms with Crippen molar-refractivity contribution >= 4 is 22.6 Å². The van der Waals surface area contributed by atoms with Crippen molar-refractivity contribution in [1.29, 1.82) is 0 Å². The van der Waals surface area contributed by atoms with E-state index in [1.807, 2.05) is 6.92 Å². The smallest absolute Gasteiger partial charge is 0.341 e. The Morgan fingerprint density at radius 1 is 1.44 bits per heavy atom. The lowest BCUT2D eigenvalue weighted by Crippen LogP contribution is -2.29. The van der Waals surface area contributed by atoms with E-state index in [2.05, 4.69) is 0 Å². The van der Waals surface area contributed by atoms with Crippen LogP contribution in [0.5, 0.6) is 5.75 Å². The highest BCUT2D eigenvalue weighted by Gasteiger charge is 2.32. The maximum atomic E-state index is 14.8. The number of carboxylic acids is 1. The fourth-order valence-corrected chi connectivity index (χ4v) is 3.60. The summed E-state index contributed by atoms with van der Waals surface area (Å²) in [6.07, 6.45) is 1.28. The molecule has 4 rings (SSSR count). The molecule has 0 amide bonds. The van der Waals surface area contributed by atoms with Crippen molar-refractivity contribution in [3.8, 4) is 5.75 Å². The molecule has 8 heteroatoms. The number of anilines is 1. The Hall–Kier alpha value is -2.61. The maximum Gasteiger partial charge on any atom is 0.341 e. The average Bonchev–Trinajstić information content (AvgIpc) is 2.98. The van der Waals surface area contributed by atoms with Crippen LogP contribution in [0.1, 0.15) is 29.7 Å². The lowest BCUT2D eigenvalue weighted by atomic mass is 10.1. The molecular weight excluding hydrogens is 331 g/mol. The number of aliphatic hydroxyl groups excluding tert-OH is 1. The van der Waals surface area contributed by atoms with Gasteiger partial charge in [-0.15, -0.1) is 0 Å². The molecule has 2 aromatic rings. The normalized spacial score (nSPS) is 22.3. The summed E-state index contributed by atoms with van der Waals surface area (Å²) >= 11 is 0. The van der Waals surface area contributed by atoms with Gasteiger partial charge in [0.1, 0.15) is 17.9 Å². The Bertz CT molecular complexity index is 954. The maximum absolute atomic E-state index is 14.8. The predicted molar refractivity (Wildman–Crippen MR) is 88.2 cm³/mol. The van der Waals surface area contributed by atoms with E-state index in [-0.39, 0.29) is 36.0 Å². The fourth-order valence-electron chi connectivity index (χ4n) is 3.60. The number of rotatable bonds is 2. The van der Waals surface area contributed by atoms with E-state index in [4.69, 9.17) is 4.74 Å². The molecule has 1 aromatic heterocycles. The molecule has 1 aromatic carbocycles. The van der Waals surface area contributed by atoms with E-state index in [0.29, 0.717) is 18.5 Å². The molecule has 132 valence electrons. The highest BCUT2D eigenvalue weighted by atomic mass is 19.1. The molecule has 1 fully saturated rings. The van der Waals surface area contributed by atoms with E-state index in [9.17, 15) is 24.2 Å². The van der Waals surface area contributed by atoms with Crippen LogP contribution >= 0.6 is 0 Å². The van der Waals surface area contributed by atoms with Gasteiger partial charge in [-0.1, -0.05) is 0 Å². The number of β-amino-alcohol motifs (C(OH)–C–C–N with tert-alkyl or cyclic N) is 1. The Morgan fingerprint density at radius 2 is 2.20 bits per heavy atom. The van der Waals surface area contributed by atoms with Crippen LogP contribution in [0.4, 0.5) is 10.1 Å². The second-order valence-electron chi connectivity index (χ2n) is 6.57. The molecule has 2 aliphatic rings. The largest absolute Gasteiger partial charge is 0.487 e. The van der Waals surface area contributed by atoms with Gasteiger partial charge in [-0.2, -0.15) is 0 Å². The van der Waals surface area contributed by atoms with Crippen LogP contribution in [0, 0.1) is 5.82 Å². The molecular formula is C17H17FN2O5. The third-order valence-corrected chi connectivity index (χ3v) is 4.85. The standard InChI is InChI=1S/C17H17FN2O5/c1-8-7-25-16-13-10(15(22)11(17(23)24)6-20(8)13)4-12(18)14(16)19-3-2-9(21)5-19/h4,6,8-9,21H,2-3,5,7H2,1H3,(H,23,24)/t8-,9-/m1/s1. The Balaban J connectivity index is 2.07. The Labute approximate surface area is 141 Å². The quantitative estimate of drug-likeness (QED) is 0.852. The number of hydrogen-bond donors (Lipinski definition) is 2. The minimum atomic E-state index is -1.34. The lowest BCUT2D eigenvalue weighted by molar-refractivity contribution is 0.0694. The number of nitrogens with zero attached hydrogens (tertiary/aromatic N) is 2. The number of ether oxygens (including phenoxy) is 1. The molecule has 1 saturated heterocycles. The summed E-state index contributed by atoms with van der Waals surface area (Å²) in [5, 5.41) is 19.0. The summed E-state index contributed by atoms with van der Waals surface area (Å²) in [4.78, 5) is 25.6. The summed E-state index contributed by atoms with van der Waals surface area (Å²) < 4.78 is 22.2. The summed E-state index contributed by atoms with van der Waals surface area (Å²) in [5.41, 5.74) is -0.515. The molecule has 0 saturated carbocycles. The third-order valence-electron chi connectivity index (χ3n) is 4.85. The summed E-state index contributed by atoms with van der Waals surface area (Å²) in [6, 6.07) is 0.877. The topological polar surface area (TPSA) is 92.0 Å². The highest BCUT2D eigenvalue weighted by molar-refractivity contribution is 5.97. The van der Waals surface area contributed by atoms with Gasteiger partial charge < -0.3 is 24.4 Å². The number of carbonyl (C=O) groups is 1. The van der Waals surface area contributed by atoms with Gasteiger partial charge in [-0.25, -0.2) is 9.18 Å². The van der Waals surface area contributed by atoms with Crippen molar-refractivity contribution in [1.82, 2.24) is 4.57 Å². The first-order chi connectivity index (χ1) is 11.9. The fraction of sp³-hybridized carbons (Fsp3) is 0.412. The van der Waals surface area contributed by atoms with Gasteiger partial charge in [0.25, 0.3) is 0 Å². The Morgan fingerprint density at radius 3 is 2.84 bits per heavy atom. The molecule has 25 heavy (non-hydrogen) atoms. The van der Waals surface area contributed by atoms with Gasteiger partial charge in [-0.3, -0.25) is 4.79 Å². The minimum absolute atomic E-state index is 0.0116. The number of aliphatic hydroxyl groups is 1. The number of carboxylic acid groups (broad SMARTS) is 1. The number of halogens is 1. The van der Waals surface area contributed by atoms with Crippen LogP contribution in [-0.2, 0) is 0 Å². The third kappa shape index (κ3) is 2.28. The molecule has 2 N–H and O–H groups in total. The predicted octanol–water partition coefficient (Wildman–Crippen LogP) is 1.36. The summed E-state index contributed by atoms with van der Waals surface area (Å²) in [7, 11) is 0. The van der Waals surface area contributed by atoms with E-state index in [1.165, 1.54) is 6.20 Å². The van der Waals surface area contributed by atoms with E-state index in [1.54, 1.807) is 9.47 Å². The number of benzene rings is 1. The van der Waals surface area contributed by atoms with Crippen LogP contribution in [0.15, 0.2) is 17.1 Å². The first kappa shape index (κ1) is 15.9. The van der Waals surface area contributed by atoms with Gasteiger partial charge in [0, 0.05) is 19.3 Å². The average molecular weight is 348 g/mol. The first-order valence-electron chi connectivity index (χ1n) is 8.09. The molecule has 2 atom stereocenters. The number of aromatic carboxylic acids is 1. The van der Waals surface area contributed by atoms with Crippen LogP contribution in [0.25, 0.3) is 10.9 Å². The van der Waals surface area contributed by atoms with Crippen molar-refractivity contribution < 1.29 is 24.1 Å². The number of hydrogen-bond acceptors (Lipinski definition) is 5. The monoisotopic (exact) mass is 348 g/mol. The second kappa shape index (κ2) is 5.45.